The normalized spacial score (nSPS) is 12.2. The Labute approximate surface area is 134 Å². The highest BCUT2D eigenvalue weighted by atomic mass is 79.9. The highest BCUT2D eigenvalue weighted by molar-refractivity contribution is 9.10. The maximum Gasteiger partial charge on any atom is 0.128 e. The minimum Gasteiger partial charge on any atom is -0.457 e. The Bertz CT molecular complexity index is 584. The Morgan fingerprint density at radius 1 is 1.14 bits per heavy atom. The Morgan fingerprint density at radius 2 is 1.81 bits per heavy atom. The zero-order chi connectivity index (χ0) is 15.2. The third kappa shape index (κ3) is 4.30. The van der Waals surface area contributed by atoms with Gasteiger partial charge in [0.15, 0.2) is 0 Å². The standard InChI is InChI=1S/C17H20BrNO2/c1-12(19-2)16-8-7-15(11-17(16)18)21-14-5-3-13(4-6-14)9-10-20/h3-8,11-12,19-20H,9-10H2,1-2H3. The molecular formula is C17H20BrNO2. The summed E-state index contributed by atoms with van der Waals surface area (Å²) in [5.41, 5.74) is 2.30. The average Bonchev–Trinajstić information content (AvgIpc) is 2.49. The molecule has 0 spiro atoms. The molecule has 3 nitrogen and oxygen atoms in total. The maximum atomic E-state index is 8.90. The predicted octanol–water partition coefficient (Wildman–Crippen LogP) is 4.06. The van der Waals surface area contributed by atoms with Crippen LogP contribution < -0.4 is 10.1 Å². The van der Waals surface area contributed by atoms with Crippen LogP contribution in [0, 0.1) is 0 Å². The molecule has 0 aromatic heterocycles. The van der Waals surface area contributed by atoms with E-state index in [9.17, 15) is 0 Å². The zero-order valence-electron chi connectivity index (χ0n) is 12.3. The lowest BCUT2D eigenvalue weighted by Crippen LogP contribution is -2.12. The Morgan fingerprint density at radius 3 is 2.38 bits per heavy atom. The van der Waals surface area contributed by atoms with E-state index in [1.807, 2.05) is 43.4 Å². The molecule has 21 heavy (non-hydrogen) atoms. The van der Waals surface area contributed by atoms with Crippen LogP contribution in [0.2, 0.25) is 0 Å². The molecule has 0 saturated heterocycles. The summed E-state index contributed by atoms with van der Waals surface area (Å²) in [6.07, 6.45) is 0.669. The Balaban J connectivity index is 2.11. The van der Waals surface area contributed by atoms with Crippen LogP contribution in [0.5, 0.6) is 11.5 Å². The molecule has 0 radical (unpaired) electrons. The fraction of sp³-hybridized carbons (Fsp3) is 0.294. The minimum absolute atomic E-state index is 0.165. The molecule has 2 aromatic rings. The third-order valence-corrected chi connectivity index (χ3v) is 4.12. The Hall–Kier alpha value is -1.36. The fourth-order valence-corrected chi connectivity index (χ4v) is 2.77. The van der Waals surface area contributed by atoms with Gasteiger partial charge < -0.3 is 15.2 Å². The SMILES string of the molecule is CNC(C)c1ccc(Oc2ccc(CCO)cc2)cc1Br. The number of aliphatic hydroxyl groups excluding tert-OH is 1. The summed E-state index contributed by atoms with van der Waals surface area (Å²) in [6.45, 7) is 2.28. The number of hydrogen-bond acceptors (Lipinski definition) is 3. The second-order valence-electron chi connectivity index (χ2n) is 4.91. The lowest BCUT2D eigenvalue weighted by molar-refractivity contribution is 0.299. The molecule has 0 aliphatic heterocycles. The molecule has 2 rings (SSSR count). The summed E-state index contributed by atoms with van der Waals surface area (Å²) >= 11 is 3.59. The molecule has 2 N–H and O–H groups in total. The summed E-state index contributed by atoms with van der Waals surface area (Å²) in [5, 5.41) is 12.1. The number of benzene rings is 2. The third-order valence-electron chi connectivity index (χ3n) is 3.43. The molecule has 0 aliphatic rings. The summed E-state index contributed by atoms with van der Waals surface area (Å²) in [7, 11) is 1.94. The summed E-state index contributed by atoms with van der Waals surface area (Å²) in [6, 6.07) is 14.1. The van der Waals surface area contributed by atoms with Gasteiger partial charge in [-0.25, -0.2) is 0 Å². The van der Waals surface area contributed by atoms with Crippen LogP contribution in [-0.4, -0.2) is 18.8 Å². The van der Waals surface area contributed by atoms with Crippen LogP contribution in [0.1, 0.15) is 24.1 Å². The van der Waals surface area contributed by atoms with E-state index < -0.39 is 0 Å². The van der Waals surface area contributed by atoms with Gasteiger partial charge in [-0.2, -0.15) is 0 Å². The van der Waals surface area contributed by atoms with Gasteiger partial charge >= 0.3 is 0 Å². The number of rotatable bonds is 6. The van der Waals surface area contributed by atoms with Crippen molar-refractivity contribution in [3.8, 4) is 11.5 Å². The minimum atomic E-state index is 0.165. The van der Waals surface area contributed by atoms with Crippen LogP contribution in [0.4, 0.5) is 0 Å². The molecular weight excluding hydrogens is 330 g/mol. The zero-order valence-corrected chi connectivity index (χ0v) is 13.9. The van der Waals surface area contributed by atoms with Gasteiger partial charge in [0.25, 0.3) is 0 Å². The van der Waals surface area contributed by atoms with E-state index in [1.165, 1.54) is 5.56 Å². The predicted molar refractivity (Wildman–Crippen MR) is 88.9 cm³/mol. The largest absolute Gasteiger partial charge is 0.457 e. The molecule has 1 unspecified atom stereocenters. The first kappa shape index (κ1) is 16.0. The van der Waals surface area contributed by atoms with Crippen molar-refractivity contribution in [1.82, 2.24) is 5.32 Å². The van der Waals surface area contributed by atoms with Crippen molar-refractivity contribution in [2.45, 2.75) is 19.4 Å². The molecule has 2 aromatic carbocycles. The quantitative estimate of drug-likeness (QED) is 0.826. The van der Waals surface area contributed by atoms with Gasteiger partial charge in [-0.3, -0.25) is 0 Å². The maximum absolute atomic E-state index is 8.90. The van der Waals surface area contributed by atoms with Gasteiger partial charge in [0.05, 0.1) is 0 Å². The van der Waals surface area contributed by atoms with Gasteiger partial charge in [0.1, 0.15) is 11.5 Å². The van der Waals surface area contributed by atoms with Crippen molar-refractivity contribution in [2.75, 3.05) is 13.7 Å². The van der Waals surface area contributed by atoms with Gasteiger partial charge in [-0.1, -0.05) is 34.1 Å². The van der Waals surface area contributed by atoms with E-state index in [2.05, 4.69) is 34.2 Å². The second kappa shape index (κ2) is 7.59. The average molecular weight is 350 g/mol. The lowest BCUT2D eigenvalue weighted by Gasteiger charge is -2.14. The molecule has 0 bridgehead atoms. The molecule has 0 saturated carbocycles. The summed E-state index contributed by atoms with van der Waals surface area (Å²) in [5.74, 6) is 1.59. The van der Waals surface area contributed by atoms with E-state index in [1.54, 1.807) is 0 Å². The van der Waals surface area contributed by atoms with Gasteiger partial charge in [0.2, 0.25) is 0 Å². The highest BCUT2D eigenvalue weighted by Crippen LogP contribution is 2.30. The second-order valence-corrected chi connectivity index (χ2v) is 5.77. The van der Waals surface area contributed by atoms with Crippen molar-refractivity contribution >= 4 is 15.9 Å². The van der Waals surface area contributed by atoms with Crippen LogP contribution >= 0.6 is 15.9 Å². The van der Waals surface area contributed by atoms with Crippen molar-refractivity contribution in [2.24, 2.45) is 0 Å². The van der Waals surface area contributed by atoms with Crippen LogP contribution in [-0.2, 0) is 6.42 Å². The van der Waals surface area contributed by atoms with Gasteiger partial charge in [-0.15, -0.1) is 0 Å². The summed E-state index contributed by atoms with van der Waals surface area (Å²) < 4.78 is 6.87. The lowest BCUT2D eigenvalue weighted by atomic mass is 10.1. The van der Waals surface area contributed by atoms with Crippen molar-refractivity contribution in [3.63, 3.8) is 0 Å². The van der Waals surface area contributed by atoms with Crippen molar-refractivity contribution in [3.05, 3.63) is 58.1 Å². The molecule has 0 heterocycles. The fourth-order valence-electron chi connectivity index (χ4n) is 2.07. The molecule has 0 fully saturated rings. The molecule has 0 amide bonds. The number of hydrogen-bond donors (Lipinski definition) is 2. The van der Waals surface area contributed by atoms with E-state index >= 15 is 0 Å². The summed E-state index contributed by atoms with van der Waals surface area (Å²) in [4.78, 5) is 0. The van der Waals surface area contributed by atoms with E-state index in [0.717, 1.165) is 21.5 Å². The van der Waals surface area contributed by atoms with E-state index in [4.69, 9.17) is 9.84 Å². The van der Waals surface area contributed by atoms with Gasteiger partial charge in [-0.05, 0) is 55.8 Å². The van der Waals surface area contributed by atoms with E-state index in [-0.39, 0.29) is 12.6 Å². The number of halogens is 1. The number of ether oxygens (including phenoxy) is 1. The smallest absolute Gasteiger partial charge is 0.128 e. The number of nitrogens with one attached hydrogen (secondary N) is 1. The van der Waals surface area contributed by atoms with Crippen LogP contribution in [0.3, 0.4) is 0 Å². The van der Waals surface area contributed by atoms with Crippen molar-refractivity contribution < 1.29 is 9.84 Å². The topological polar surface area (TPSA) is 41.5 Å². The molecule has 0 aliphatic carbocycles. The first-order chi connectivity index (χ1) is 10.1. The molecule has 1 atom stereocenters. The monoisotopic (exact) mass is 349 g/mol. The molecule has 4 heteroatoms. The Kier molecular flexibility index (Phi) is 5.79. The van der Waals surface area contributed by atoms with Crippen molar-refractivity contribution in [1.29, 1.82) is 0 Å². The van der Waals surface area contributed by atoms with E-state index in [0.29, 0.717) is 6.42 Å². The first-order valence-electron chi connectivity index (χ1n) is 6.98. The first-order valence-corrected chi connectivity index (χ1v) is 7.77. The van der Waals surface area contributed by atoms with Gasteiger partial charge in [0, 0.05) is 17.1 Å². The van der Waals surface area contributed by atoms with Crippen LogP contribution in [0.25, 0.3) is 0 Å². The number of aliphatic hydroxyl groups is 1. The highest BCUT2D eigenvalue weighted by Gasteiger charge is 2.08. The molecule has 112 valence electrons. The van der Waals surface area contributed by atoms with Crippen LogP contribution in [0.15, 0.2) is 46.9 Å².